The fraction of sp³-hybridized carbons (Fsp3) is 0.533. The van der Waals surface area contributed by atoms with Crippen molar-refractivity contribution < 1.29 is 4.79 Å². The maximum Gasteiger partial charge on any atom is 0.237 e. The van der Waals surface area contributed by atoms with Gasteiger partial charge in [0.15, 0.2) is 0 Å². The van der Waals surface area contributed by atoms with Crippen molar-refractivity contribution >= 4 is 18.3 Å². The minimum atomic E-state index is 0. The van der Waals surface area contributed by atoms with Crippen LogP contribution in [0.1, 0.15) is 30.4 Å². The third-order valence-corrected chi connectivity index (χ3v) is 3.58. The van der Waals surface area contributed by atoms with E-state index in [0.717, 1.165) is 32.4 Å². The van der Waals surface area contributed by atoms with Crippen LogP contribution in [0.3, 0.4) is 0 Å². The number of nitrogens with one attached hydrogen (secondary N) is 2. The Labute approximate surface area is 121 Å². The maximum atomic E-state index is 11.9. The van der Waals surface area contributed by atoms with Gasteiger partial charge in [-0.3, -0.25) is 4.79 Å². The van der Waals surface area contributed by atoms with E-state index in [-0.39, 0.29) is 24.4 Å². The molecule has 0 unspecified atom stereocenters. The zero-order valence-corrected chi connectivity index (χ0v) is 12.3. The molecule has 1 fully saturated rings. The van der Waals surface area contributed by atoms with Crippen molar-refractivity contribution in [2.45, 2.75) is 38.6 Å². The topological polar surface area (TPSA) is 41.1 Å². The summed E-state index contributed by atoms with van der Waals surface area (Å²) >= 11 is 0. The Morgan fingerprint density at radius 2 is 2.16 bits per heavy atom. The first-order valence-corrected chi connectivity index (χ1v) is 6.83. The smallest absolute Gasteiger partial charge is 0.237 e. The van der Waals surface area contributed by atoms with Gasteiger partial charge in [0, 0.05) is 6.54 Å². The summed E-state index contributed by atoms with van der Waals surface area (Å²) in [5.74, 6) is 0.156. The summed E-state index contributed by atoms with van der Waals surface area (Å²) in [7, 11) is 0. The van der Waals surface area contributed by atoms with Gasteiger partial charge in [0.05, 0.1) is 6.04 Å². The number of benzene rings is 1. The van der Waals surface area contributed by atoms with Crippen molar-refractivity contribution in [3.8, 4) is 0 Å². The third kappa shape index (κ3) is 4.84. The van der Waals surface area contributed by atoms with E-state index < -0.39 is 0 Å². The van der Waals surface area contributed by atoms with Crippen molar-refractivity contribution in [3.63, 3.8) is 0 Å². The molecule has 1 aliphatic rings. The summed E-state index contributed by atoms with van der Waals surface area (Å²) in [6.07, 6.45) is 4.22. The Balaban J connectivity index is 0.00000180. The largest absolute Gasteiger partial charge is 0.354 e. The van der Waals surface area contributed by atoms with Crippen molar-refractivity contribution in [2.75, 3.05) is 13.1 Å². The molecule has 1 aromatic rings. The third-order valence-electron chi connectivity index (χ3n) is 3.58. The van der Waals surface area contributed by atoms with Crippen LogP contribution in [0.25, 0.3) is 0 Å². The van der Waals surface area contributed by atoms with Gasteiger partial charge < -0.3 is 10.6 Å². The van der Waals surface area contributed by atoms with Crippen molar-refractivity contribution in [1.82, 2.24) is 10.6 Å². The van der Waals surface area contributed by atoms with E-state index in [1.54, 1.807) is 0 Å². The van der Waals surface area contributed by atoms with Crippen LogP contribution in [0, 0.1) is 6.92 Å². The van der Waals surface area contributed by atoms with E-state index in [2.05, 4.69) is 29.7 Å². The highest BCUT2D eigenvalue weighted by Crippen LogP contribution is 2.08. The molecule has 0 aromatic heterocycles. The highest BCUT2D eigenvalue weighted by Gasteiger charge is 2.19. The van der Waals surface area contributed by atoms with Crippen LogP contribution >= 0.6 is 12.4 Å². The van der Waals surface area contributed by atoms with Crippen LogP contribution < -0.4 is 10.6 Å². The number of carbonyl (C=O) groups excluding carboxylic acids is 1. The van der Waals surface area contributed by atoms with E-state index in [1.165, 1.54) is 17.5 Å². The fourth-order valence-corrected chi connectivity index (χ4v) is 2.41. The van der Waals surface area contributed by atoms with Crippen molar-refractivity contribution in [3.05, 3.63) is 35.4 Å². The molecule has 1 saturated heterocycles. The average molecular weight is 283 g/mol. The summed E-state index contributed by atoms with van der Waals surface area (Å²) in [6.45, 7) is 3.80. The number of carbonyl (C=O) groups is 1. The SMILES string of the molecule is Cc1ccccc1CCNC(=O)[C@@H]1CCCCN1.Cl. The number of hydrogen-bond acceptors (Lipinski definition) is 2. The van der Waals surface area contributed by atoms with Crippen LogP contribution in [-0.2, 0) is 11.2 Å². The van der Waals surface area contributed by atoms with E-state index >= 15 is 0 Å². The van der Waals surface area contributed by atoms with Gasteiger partial charge in [-0.05, 0) is 43.9 Å². The van der Waals surface area contributed by atoms with Crippen LogP contribution in [0.15, 0.2) is 24.3 Å². The van der Waals surface area contributed by atoms with E-state index in [9.17, 15) is 4.79 Å². The first-order chi connectivity index (χ1) is 8.77. The molecule has 0 radical (unpaired) electrons. The second kappa shape index (κ2) is 8.18. The lowest BCUT2D eigenvalue weighted by atomic mass is 10.0. The molecular formula is C15H23ClN2O. The second-order valence-electron chi connectivity index (χ2n) is 4.97. The zero-order chi connectivity index (χ0) is 12.8. The lowest BCUT2D eigenvalue weighted by molar-refractivity contribution is -0.123. The van der Waals surface area contributed by atoms with Crippen LogP contribution in [0.5, 0.6) is 0 Å². The Bertz CT molecular complexity index is 403. The van der Waals surface area contributed by atoms with E-state index in [4.69, 9.17) is 0 Å². The lowest BCUT2D eigenvalue weighted by Crippen LogP contribution is -2.47. The first kappa shape index (κ1) is 16.0. The number of aryl methyl sites for hydroxylation is 1. The molecule has 4 heteroatoms. The molecule has 1 atom stereocenters. The first-order valence-electron chi connectivity index (χ1n) is 6.83. The minimum absolute atomic E-state index is 0. The fourth-order valence-electron chi connectivity index (χ4n) is 2.41. The maximum absolute atomic E-state index is 11.9. The molecule has 1 amide bonds. The molecule has 0 spiro atoms. The molecule has 0 bridgehead atoms. The number of rotatable bonds is 4. The molecule has 1 heterocycles. The van der Waals surface area contributed by atoms with Gasteiger partial charge >= 0.3 is 0 Å². The van der Waals surface area contributed by atoms with Crippen LogP contribution in [0.2, 0.25) is 0 Å². The number of halogens is 1. The zero-order valence-electron chi connectivity index (χ0n) is 11.4. The van der Waals surface area contributed by atoms with Gasteiger partial charge in [-0.15, -0.1) is 12.4 Å². The Morgan fingerprint density at radius 3 is 2.84 bits per heavy atom. The standard InChI is InChI=1S/C15H22N2O.ClH/c1-12-6-2-3-7-13(12)9-11-17-15(18)14-8-4-5-10-16-14;/h2-3,6-7,14,16H,4-5,8-11H2,1H3,(H,17,18);1H/t14-;/m0./s1. The molecule has 0 aliphatic carbocycles. The van der Waals surface area contributed by atoms with E-state index in [0.29, 0.717) is 0 Å². The molecular weight excluding hydrogens is 260 g/mol. The van der Waals surface area contributed by atoms with Gasteiger partial charge in [-0.2, -0.15) is 0 Å². The number of amides is 1. The Hall–Kier alpha value is -1.06. The van der Waals surface area contributed by atoms with Crippen molar-refractivity contribution in [1.29, 1.82) is 0 Å². The molecule has 106 valence electrons. The van der Waals surface area contributed by atoms with Gasteiger partial charge in [0.1, 0.15) is 0 Å². The Kier molecular flexibility index (Phi) is 6.89. The molecule has 2 N–H and O–H groups in total. The van der Waals surface area contributed by atoms with Gasteiger partial charge in [-0.25, -0.2) is 0 Å². The minimum Gasteiger partial charge on any atom is -0.354 e. The summed E-state index contributed by atoms with van der Waals surface area (Å²) in [5.41, 5.74) is 2.61. The molecule has 2 rings (SSSR count). The summed E-state index contributed by atoms with van der Waals surface area (Å²) in [5, 5.41) is 6.29. The summed E-state index contributed by atoms with van der Waals surface area (Å²) in [4.78, 5) is 11.9. The van der Waals surface area contributed by atoms with Gasteiger partial charge in [-0.1, -0.05) is 30.7 Å². The summed E-state index contributed by atoms with van der Waals surface area (Å²) < 4.78 is 0. The molecule has 19 heavy (non-hydrogen) atoms. The molecule has 3 nitrogen and oxygen atoms in total. The van der Waals surface area contributed by atoms with Crippen LogP contribution in [0.4, 0.5) is 0 Å². The second-order valence-corrected chi connectivity index (χ2v) is 4.97. The summed E-state index contributed by atoms with van der Waals surface area (Å²) in [6, 6.07) is 8.35. The average Bonchev–Trinajstić information content (AvgIpc) is 2.42. The van der Waals surface area contributed by atoms with Crippen molar-refractivity contribution in [2.24, 2.45) is 0 Å². The normalized spacial score (nSPS) is 18.5. The van der Waals surface area contributed by atoms with Gasteiger partial charge in [0.2, 0.25) is 5.91 Å². The molecule has 1 aliphatic heterocycles. The molecule has 0 saturated carbocycles. The number of hydrogen-bond donors (Lipinski definition) is 2. The quantitative estimate of drug-likeness (QED) is 0.889. The highest BCUT2D eigenvalue weighted by atomic mass is 35.5. The predicted octanol–water partition coefficient (Wildman–Crippen LogP) is 2.22. The predicted molar refractivity (Wildman–Crippen MR) is 80.8 cm³/mol. The number of piperidine rings is 1. The van der Waals surface area contributed by atoms with Crippen LogP contribution in [-0.4, -0.2) is 25.0 Å². The Morgan fingerprint density at radius 1 is 1.37 bits per heavy atom. The van der Waals surface area contributed by atoms with E-state index in [1.807, 2.05) is 12.1 Å². The monoisotopic (exact) mass is 282 g/mol. The highest BCUT2D eigenvalue weighted by molar-refractivity contribution is 5.85. The van der Waals surface area contributed by atoms with Gasteiger partial charge in [0.25, 0.3) is 0 Å². The molecule has 1 aromatic carbocycles. The lowest BCUT2D eigenvalue weighted by Gasteiger charge is -2.22.